The highest BCUT2D eigenvalue weighted by molar-refractivity contribution is 5.95. The summed E-state index contributed by atoms with van der Waals surface area (Å²) in [5, 5.41) is 11.2. The normalized spacial score (nSPS) is 20.6. The van der Waals surface area contributed by atoms with Crippen LogP contribution in [0.25, 0.3) is 11.1 Å². The van der Waals surface area contributed by atoms with Crippen molar-refractivity contribution in [3.05, 3.63) is 71.3 Å². The number of methoxy groups -OCH3 is 3. The van der Waals surface area contributed by atoms with Crippen LogP contribution in [-0.4, -0.2) is 80.9 Å². The average molecular weight is 759 g/mol. The number of fused-ring (bicyclic) bond motifs is 9. The van der Waals surface area contributed by atoms with Crippen LogP contribution in [0.15, 0.2) is 54.6 Å². The van der Waals surface area contributed by atoms with E-state index in [0.29, 0.717) is 51.7 Å². The Morgan fingerprint density at radius 3 is 2.15 bits per heavy atom. The van der Waals surface area contributed by atoms with E-state index in [-0.39, 0.29) is 19.3 Å². The largest absolute Gasteiger partial charge is 0.496 e. The fraction of sp³-hybridized carbons (Fsp3) is 0.439. The fourth-order valence-corrected chi connectivity index (χ4v) is 6.58. The molecule has 3 aliphatic rings. The second-order valence-electron chi connectivity index (χ2n) is 14.8. The van der Waals surface area contributed by atoms with Gasteiger partial charge in [0.15, 0.2) is 11.5 Å². The van der Waals surface area contributed by atoms with Crippen molar-refractivity contribution >= 4 is 29.8 Å². The van der Waals surface area contributed by atoms with Crippen LogP contribution in [0.3, 0.4) is 0 Å². The molecule has 5 atom stereocenters. The maximum Gasteiger partial charge on any atom is 0.408 e. The lowest BCUT2D eigenvalue weighted by Gasteiger charge is -2.29. The topological polar surface area (TPSA) is 180 Å². The average Bonchev–Trinajstić information content (AvgIpc) is 3.14. The van der Waals surface area contributed by atoms with Crippen LogP contribution in [0, 0.1) is 5.92 Å². The van der Waals surface area contributed by atoms with Crippen LogP contribution in [0.5, 0.6) is 23.0 Å². The monoisotopic (exact) mass is 758 g/mol. The van der Waals surface area contributed by atoms with Gasteiger partial charge >= 0.3 is 12.1 Å². The van der Waals surface area contributed by atoms with Gasteiger partial charge in [-0.25, -0.2) is 9.59 Å². The fourth-order valence-electron chi connectivity index (χ4n) is 6.58. The molecule has 0 saturated carbocycles. The first-order valence-electron chi connectivity index (χ1n) is 18.3. The minimum absolute atomic E-state index is 0.00851. The Labute approximate surface area is 321 Å². The summed E-state index contributed by atoms with van der Waals surface area (Å²) in [4.78, 5) is 68.8. The highest BCUT2D eigenvalue weighted by Crippen LogP contribution is 2.45. The molecule has 8 bridgehead atoms. The summed E-state index contributed by atoms with van der Waals surface area (Å²) in [6.45, 7) is 8.80. The molecule has 0 aliphatic carbocycles. The molecule has 0 saturated heterocycles. The molecule has 3 aromatic carbocycles. The first-order chi connectivity index (χ1) is 26.1. The number of nitrogens with one attached hydrogen (secondary N) is 4. The summed E-state index contributed by atoms with van der Waals surface area (Å²) >= 11 is 0. The first-order valence-corrected chi connectivity index (χ1v) is 18.3. The van der Waals surface area contributed by atoms with Crippen molar-refractivity contribution in [1.29, 1.82) is 0 Å². The van der Waals surface area contributed by atoms with Crippen molar-refractivity contribution in [1.82, 2.24) is 21.3 Å². The third kappa shape index (κ3) is 9.85. The molecule has 14 nitrogen and oxygen atoms in total. The molecule has 0 radical (unpaired) electrons. The van der Waals surface area contributed by atoms with E-state index in [1.54, 1.807) is 70.2 Å². The minimum Gasteiger partial charge on any atom is -0.496 e. The van der Waals surface area contributed by atoms with E-state index in [1.807, 2.05) is 19.1 Å². The van der Waals surface area contributed by atoms with E-state index in [9.17, 15) is 24.0 Å². The molecule has 0 fully saturated rings. The quantitative estimate of drug-likeness (QED) is 0.264. The molecule has 294 valence electrons. The molecule has 4 amide bonds. The highest BCUT2D eigenvalue weighted by Gasteiger charge is 2.35. The van der Waals surface area contributed by atoms with E-state index in [0.717, 1.165) is 5.56 Å². The highest BCUT2D eigenvalue weighted by atomic mass is 16.6. The van der Waals surface area contributed by atoms with Gasteiger partial charge in [-0.05, 0) is 79.8 Å². The number of rotatable bonds is 6. The van der Waals surface area contributed by atoms with Crippen LogP contribution in [0.1, 0.15) is 57.7 Å². The molecule has 14 heteroatoms. The zero-order valence-electron chi connectivity index (χ0n) is 32.5. The number of hydrogen-bond acceptors (Lipinski definition) is 10. The summed E-state index contributed by atoms with van der Waals surface area (Å²) in [7, 11) is 4.27. The van der Waals surface area contributed by atoms with E-state index < -0.39 is 65.5 Å². The smallest absolute Gasteiger partial charge is 0.408 e. The molecule has 3 heterocycles. The zero-order chi connectivity index (χ0) is 40.0. The number of carbonyl (C=O) groups excluding carboxylic acids is 5. The van der Waals surface area contributed by atoms with Crippen LogP contribution >= 0.6 is 0 Å². The third-order valence-corrected chi connectivity index (χ3v) is 9.58. The Morgan fingerprint density at radius 2 is 1.51 bits per heavy atom. The van der Waals surface area contributed by atoms with Gasteiger partial charge in [0, 0.05) is 30.4 Å². The summed E-state index contributed by atoms with van der Waals surface area (Å²) < 4.78 is 28.8. The van der Waals surface area contributed by atoms with Crippen LogP contribution in [0.4, 0.5) is 4.79 Å². The van der Waals surface area contributed by atoms with Gasteiger partial charge in [0.25, 0.3) is 0 Å². The summed E-state index contributed by atoms with van der Waals surface area (Å²) in [6, 6.07) is 11.3. The Kier molecular flexibility index (Phi) is 12.6. The first kappa shape index (κ1) is 40.4. The van der Waals surface area contributed by atoms with Gasteiger partial charge in [-0.1, -0.05) is 38.5 Å². The van der Waals surface area contributed by atoms with E-state index in [1.165, 1.54) is 21.3 Å². The predicted octanol–water partition coefficient (Wildman–Crippen LogP) is 4.38. The Hall–Kier alpha value is -5.79. The number of benzene rings is 3. The Morgan fingerprint density at radius 1 is 0.818 bits per heavy atom. The summed E-state index contributed by atoms with van der Waals surface area (Å²) in [6.07, 6.45) is -0.266. The molecule has 4 N–H and O–H groups in total. The van der Waals surface area contributed by atoms with E-state index in [2.05, 4.69) is 21.3 Å². The SMILES string of the molecule is CC[C@H](C)[C@@H]1NC(=O)C(NC(=O)OC(C)(C)C)Cc2ccc(OC)c(c2)-c2cc3cc(c2OC)Oc2ccc(cc2)C[C@@H](C(=O)OC)NC(=O)[C@H](C3)NC1=O. The second kappa shape index (κ2) is 17.1. The van der Waals surface area contributed by atoms with Crippen molar-refractivity contribution in [3.8, 4) is 34.1 Å². The molecular weight excluding hydrogens is 708 g/mol. The molecule has 6 rings (SSSR count). The Balaban J connectivity index is 1.75. The number of alkyl carbamates (subject to hydrolysis) is 1. The maximum absolute atomic E-state index is 14.3. The van der Waals surface area contributed by atoms with Crippen molar-refractivity contribution in [2.45, 2.75) is 90.1 Å². The molecule has 1 unspecified atom stereocenters. The van der Waals surface area contributed by atoms with Gasteiger partial charge in [0.2, 0.25) is 17.7 Å². The molecule has 0 aromatic heterocycles. The molecule has 3 aliphatic heterocycles. The number of carbonyl (C=O) groups is 5. The predicted molar refractivity (Wildman–Crippen MR) is 203 cm³/mol. The molecule has 55 heavy (non-hydrogen) atoms. The van der Waals surface area contributed by atoms with Crippen molar-refractivity contribution in [2.24, 2.45) is 5.92 Å². The zero-order valence-corrected chi connectivity index (χ0v) is 32.5. The summed E-state index contributed by atoms with van der Waals surface area (Å²) in [5.74, 6) is -1.35. The number of esters is 1. The molecule has 0 spiro atoms. The third-order valence-electron chi connectivity index (χ3n) is 9.58. The van der Waals surface area contributed by atoms with Crippen molar-refractivity contribution in [3.63, 3.8) is 0 Å². The number of hydrogen-bond donors (Lipinski definition) is 4. The molecule has 3 aromatic rings. The number of ether oxygens (including phenoxy) is 5. The van der Waals surface area contributed by atoms with Gasteiger partial charge in [-0.15, -0.1) is 0 Å². The molecular formula is C41H50N4O10. The van der Waals surface area contributed by atoms with Crippen LogP contribution in [0.2, 0.25) is 0 Å². The lowest BCUT2D eigenvalue weighted by molar-refractivity contribution is -0.145. The Bertz CT molecular complexity index is 1920. The van der Waals surface area contributed by atoms with Gasteiger partial charge < -0.3 is 45.0 Å². The van der Waals surface area contributed by atoms with Crippen LogP contribution < -0.4 is 35.5 Å². The summed E-state index contributed by atoms with van der Waals surface area (Å²) in [5.41, 5.74) is 2.19. The number of amides is 4. The maximum atomic E-state index is 14.3. The standard InChI is InChI=1S/C41H50N4O10/c1-9-22(2)34-38(48)42-29-20-25-17-28(27-16-24(12-15-32(27)51-6)19-30(37(47)45-34)44-40(50)55-41(3,4)5)35(52-7)33(21-25)54-26-13-10-23(11-14-26)18-31(39(49)53-8)43-36(29)46/h10-17,21-22,29-31,34H,9,18-20H2,1-8H3,(H,42,48)(H,43,46)(H,44,50)(H,45,47)/t22-,29-,30?,31-,34-/m0/s1. The van der Waals surface area contributed by atoms with Crippen molar-refractivity contribution in [2.75, 3.05) is 21.3 Å². The minimum atomic E-state index is -1.24. The van der Waals surface area contributed by atoms with E-state index in [4.69, 9.17) is 23.7 Å². The van der Waals surface area contributed by atoms with Crippen molar-refractivity contribution < 1.29 is 47.7 Å². The lowest BCUT2D eigenvalue weighted by Crippen LogP contribution is -2.60. The van der Waals surface area contributed by atoms with Gasteiger partial charge in [-0.3, -0.25) is 14.4 Å². The van der Waals surface area contributed by atoms with Gasteiger partial charge in [-0.2, -0.15) is 0 Å². The lowest BCUT2D eigenvalue weighted by atomic mass is 9.94. The van der Waals surface area contributed by atoms with Gasteiger partial charge in [0.05, 0.1) is 21.3 Å². The van der Waals surface area contributed by atoms with E-state index >= 15 is 0 Å². The second-order valence-corrected chi connectivity index (χ2v) is 14.8. The van der Waals surface area contributed by atoms with Gasteiger partial charge in [0.1, 0.15) is 41.3 Å². The van der Waals surface area contributed by atoms with Crippen LogP contribution in [-0.2, 0) is 47.9 Å².